The van der Waals surface area contributed by atoms with E-state index in [0.717, 1.165) is 34.8 Å². The summed E-state index contributed by atoms with van der Waals surface area (Å²) in [5.74, 6) is 0.188. The minimum absolute atomic E-state index is 0.188. The van der Waals surface area contributed by atoms with Crippen LogP contribution in [0, 0.1) is 0 Å². The van der Waals surface area contributed by atoms with Gasteiger partial charge in [0, 0.05) is 50.8 Å². The van der Waals surface area contributed by atoms with E-state index in [9.17, 15) is 0 Å². The number of aromatic nitrogens is 2. The highest BCUT2D eigenvalue weighted by Crippen LogP contribution is 2.40. The van der Waals surface area contributed by atoms with Gasteiger partial charge in [-0.1, -0.05) is 164 Å². The molecule has 0 saturated heterocycles. The summed E-state index contributed by atoms with van der Waals surface area (Å²) < 4.78 is 4.86. The van der Waals surface area contributed by atoms with Crippen LogP contribution in [0.15, 0.2) is 211 Å². The van der Waals surface area contributed by atoms with Crippen molar-refractivity contribution in [3.05, 3.63) is 223 Å². The molecule has 56 heavy (non-hydrogen) atoms. The second-order valence-corrected chi connectivity index (χ2v) is 14.7. The molecule has 2 aromatic heterocycles. The van der Waals surface area contributed by atoms with Gasteiger partial charge in [-0.05, 0) is 64.7 Å². The van der Waals surface area contributed by atoms with Crippen LogP contribution in [0.1, 0.15) is 29.0 Å². The van der Waals surface area contributed by atoms with Gasteiger partial charge in [0.1, 0.15) is 0 Å². The highest BCUT2D eigenvalue weighted by molar-refractivity contribution is 6.11. The lowest BCUT2D eigenvalue weighted by Crippen LogP contribution is -2.12. The molecule has 3 heterocycles. The molecule has 0 fully saturated rings. The van der Waals surface area contributed by atoms with Crippen molar-refractivity contribution in [2.75, 3.05) is 0 Å². The Kier molecular flexibility index (Phi) is 7.63. The Hall–Kier alpha value is -7.23. The minimum atomic E-state index is 0.188. The number of hydrogen-bond acceptors (Lipinski definition) is 1. The third-order valence-corrected chi connectivity index (χ3v) is 11.5. The number of hydrogen-bond donors (Lipinski definition) is 0. The smallest absolute Gasteiger partial charge is 0.0671 e. The first-order valence-electron chi connectivity index (χ1n) is 19.4. The van der Waals surface area contributed by atoms with E-state index in [1.807, 2.05) is 0 Å². The zero-order chi connectivity index (χ0) is 37.0. The molecule has 0 spiro atoms. The van der Waals surface area contributed by atoms with Crippen LogP contribution in [0.25, 0.3) is 71.8 Å². The minimum Gasteiger partial charge on any atom is -0.309 e. The van der Waals surface area contributed by atoms with Gasteiger partial charge in [0.25, 0.3) is 0 Å². The molecule has 0 N–H and O–H groups in total. The highest BCUT2D eigenvalue weighted by Gasteiger charge is 2.22. The molecule has 3 heteroatoms. The third-order valence-electron chi connectivity index (χ3n) is 11.5. The number of fused-ring (bicyclic) bond motifs is 6. The maximum atomic E-state index is 5.20. The quantitative estimate of drug-likeness (QED) is 0.164. The summed E-state index contributed by atoms with van der Waals surface area (Å²) in [4.78, 5) is 5.20. The normalized spacial score (nSPS) is 14.4. The van der Waals surface area contributed by atoms with Crippen molar-refractivity contribution in [2.24, 2.45) is 4.99 Å². The standard InChI is InChI=1S/C53H37N3/c1-3-15-38(16-4-1)47-33-40(34-48(54-47)39-17-5-2-6-18-39)36-27-29-37(30-28-36)46-35-41(55-49-23-11-7-19-42(49)43-20-8-12-24-50(43)55)31-32-53(46)56-51-25-13-9-21-44(51)45-22-10-14-26-52(45)56/h1-33,35,40H,34H2. The summed E-state index contributed by atoms with van der Waals surface area (Å²) in [6, 6.07) is 72.5. The first-order chi connectivity index (χ1) is 27.8. The van der Waals surface area contributed by atoms with Crippen molar-refractivity contribution in [1.29, 1.82) is 0 Å². The number of aliphatic imine (C=N–C) groups is 1. The van der Waals surface area contributed by atoms with Gasteiger partial charge < -0.3 is 9.13 Å². The van der Waals surface area contributed by atoms with Gasteiger partial charge in [0.2, 0.25) is 0 Å². The molecule has 264 valence electrons. The first-order valence-corrected chi connectivity index (χ1v) is 19.4. The van der Waals surface area contributed by atoms with Crippen LogP contribution in [-0.4, -0.2) is 14.8 Å². The van der Waals surface area contributed by atoms with Crippen LogP contribution >= 0.6 is 0 Å². The molecule has 3 nitrogen and oxygen atoms in total. The lowest BCUT2D eigenvalue weighted by Gasteiger charge is -2.23. The second kappa shape index (κ2) is 13.3. The van der Waals surface area contributed by atoms with Gasteiger partial charge in [-0.15, -0.1) is 0 Å². The van der Waals surface area contributed by atoms with Crippen LogP contribution in [0.4, 0.5) is 0 Å². The molecule has 10 aromatic rings. The lowest BCUT2D eigenvalue weighted by atomic mass is 9.86. The Labute approximate surface area is 325 Å². The van der Waals surface area contributed by atoms with Gasteiger partial charge in [0.05, 0.1) is 33.5 Å². The number of benzene rings is 8. The summed E-state index contributed by atoms with van der Waals surface area (Å²) in [5.41, 5.74) is 15.2. The van der Waals surface area contributed by atoms with Gasteiger partial charge in [-0.2, -0.15) is 0 Å². The maximum absolute atomic E-state index is 5.20. The SMILES string of the molecule is C1=C(c2ccccc2)N=C(c2ccccc2)CC1c1ccc(-c2cc(-n3c4ccccc4c4ccccc43)ccc2-n2c3ccccc3c3ccccc32)cc1. The Bertz CT molecular complexity index is 3040. The molecule has 1 aliphatic rings. The molecular formula is C53H37N3. The molecule has 0 amide bonds. The molecule has 0 aliphatic carbocycles. The van der Waals surface area contributed by atoms with E-state index in [-0.39, 0.29) is 5.92 Å². The van der Waals surface area contributed by atoms with Crippen molar-refractivity contribution in [2.45, 2.75) is 12.3 Å². The van der Waals surface area contributed by atoms with Gasteiger partial charge in [0.15, 0.2) is 0 Å². The summed E-state index contributed by atoms with van der Waals surface area (Å²) in [5, 5.41) is 5.03. The van der Waals surface area contributed by atoms with Crippen LogP contribution in [0.3, 0.4) is 0 Å². The van der Waals surface area contributed by atoms with Gasteiger partial charge >= 0.3 is 0 Å². The van der Waals surface area contributed by atoms with E-state index >= 15 is 0 Å². The number of nitrogens with zero attached hydrogens (tertiary/aromatic N) is 3. The van der Waals surface area contributed by atoms with E-state index in [2.05, 4.69) is 215 Å². The molecule has 1 unspecified atom stereocenters. The lowest BCUT2D eigenvalue weighted by molar-refractivity contribution is 0.879. The topological polar surface area (TPSA) is 22.2 Å². The van der Waals surface area contributed by atoms with E-state index in [0.29, 0.717) is 0 Å². The third kappa shape index (κ3) is 5.32. The molecule has 0 bridgehead atoms. The Morgan fingerprint density at radius 3 is 1.45 bits per heavy atom. The average Bonchev–Trinajstić information content (AvgIpc) is 3.80. The van der Waals surface area contributed by atoms with E-state index in [1.54, 1.807) is 0 Å². The largest absolute Gasteiger partial charge is 0.309 e. The Morgan fingerprint density at radius 2 is 0.893 bits per heavy atom. The van der Waals surface area contributed by atoms with Crippen molar-refractivity contribution in [1.82, 2.24) is 9.13 Å². The predicted molar refractivity (Wildman–Crippen MR) is 235 cm³/mol. The van der Waals surface area contributed by atoms with Crippen LogP contribution < -0.4 is 0 Å². The first kappa shape index (κ1) is 32.2. The molecule has 8 aromatic carbocycles. The fourth-order valence-corrected chi connectivity index (χ4v) is 8.86. The van der Waals surface area contributed by atoms with Crippen LogP contribution in [0.2, 0.25) is 0 Å². The Balaban J connectivity index is 1.09. The van der Waals surface area contributed by atoms with Crippen molar-refractivity contribution >= 4 is 55.0 Å². The fraction of sp³-hybridized carbons (Fsp3) is 0.0377. The summed E-state index contributed by atoms with van der Waals surface area (Å²) >= 11 is 0. The van der Waals surface area contributed by atoms with Gasteiger partial charge in [-0.3, -0.25) is 4.99 Å². The predicted octanol–water partition coefficient (Wildman–Crippen LogP) is 13.6. The monoisotopic (exact) mass is 715 g/mol. The Morgan fingerprint density at radius 1 is 0.411 bits per heavy atom. The van der Waals surface area contributed by atoms with Crippen LogP contribution in [0.5, 0.6) is 0 Å². The molecule has 1 atom stereocenters. The molecule has 1 aliphatic heterocycles. The van der Waals surface area contributed by atoms with Crippen molar-refractivity contribution in [3.63, 3.8) is 0 Å². The average molecular weight is 716 g/mol. The second-order valence-electron chi connectivity index (χ2n) is 14.7. The van der Waals surface area contributed by atoms with E-state index in [4.69, 9.17) is 4.99 Å². The summed E-state index contributed by atoms with van der Waals surface area (Å²) in [6.45, 7) is 0. The maximum Gasteiger partial charge on any atom is 0.0671 e. The molecular weight excluding hydrogens is 679 g/mol. The molecule has 0 radical (unpaired) electrons. The van der Waals surface area contributed by atoms with Crippen LogP contribution in [-0.2, 0) is 0 Å². The number of allylic oxidation sites excluding steroid dienone is 1. The summed E-state index contributed by atoms with van der Waals surface area (Å²) in [7, 11) is 0. The van der Waals surface area contributed by atoms with Gasteiger partial charge in [-0.25, -0.2) is 0 Å². The zero-order valence-corrected chi connectivity index (χ0v) is 30.8. The fourth-order valence-electron chi connectivity index (χ4n) is 8.86. The summed E-state index contributed by atoms with van der Waals surface area (Å²) in [6.07, 6.45) is 3.19. The van der Waals surface area contributed by atoms with Crippen molar-refractivity contribution in [3.8, 4) is 22.5 Å². The molecule has 11 rings (SSSR count). The van der Waals surface area contributed by atoms with E-state index in [1.165, 1.54) is 65.9 Å². The molecule has 0 saturated carbocycles. The highest BCUT2D eigenvalue weighted by atomic mass is 15.0. The zero-order valence-electron chi connectivity index (χ0n) is 30.8. The number of rotatable bonds is 6. The van der Waals surface area contributed by atoms with Crippen molar-refractivity contribution < 1.29 is 0 Å². The van der Waals surface area contributed by atoms with E-state index < -0.39 is 0 Å². The number of para-hydroxylation sites is 4.